The Kier molecular flexibility index (Phi) is 10.5. The summed E-state index contributed by atoms with van der Waals surface area (Å²) >= 11 is 5.98. The summed E-state index contributed by atoms with van der Waals surface area (Å²) in [7, 11) is 0. The molecule has 2 rings (SSSR count). The van der Waals surface area contributed by atoms with E-state index >= 15 is 0 Å². The summed E-state index contributed by atoms with van der Waals surface area (Å²) in [6.45, 7) is 3.40. The maximum Gasteiger partial charge on any atom is 0.191 e. The van der Waals surface area contributed by atoms with E-state index in [4.69, 9.17) is 11.6 Å². The first-order chi connectivity index (χ1) is 12.1. The lowest BCUT2D eigenvalue weighted by atomic mass is 10.1. The largest absolute Gasteiger partial charge is 0.386 e. The fourth-order valence-electron chi connectivity index (χ4n) is 2.38. The van der Waals surface area contributed by atoms with E-state index in [0.717, 1.165) is 12.0 Å². The molecule has 2 aromatic carbocycles. The van der Waals surface area contributed by atoms with Crippen LogP contribution in [0.25, 0.3) is 0 Å². The molecule has 0 aromatic heterocycles. The third-order valence-electron chi connectivity index (χ3n) is 3.63. The van der Waals surface area contributed by atoms with E-state index in [-0.39, 0.29) is 36.1 Å². The average molecular weight is 492 g/mol. The van der Waals surface area contributed by atoms with Gasteiger partial charge in [0.05, 0.1) is 6.54 Å². The van der Waals surface area contributed by atoms with Crippen molar-refractivity contribution in [3.05, 3.63) is 70.5 Å². The van der Waals surface area contributed by atoms with Gasteiger partial charge in [-0.15, -0.1) is 24.0 Å². The Hall–Kier alpha value is -1.38. The molecular formula is C19H24ClFIN3O. The first kappa shape index (κ1) is 22.7. The van der Waals surface area contributed by atoms with Crippen LogP contribution in [0.1, 0.15) is 24.2 Å². The van der Waals surface area contributed by atoms with E-state index < -0.39 is 11.9 Å². The van der Waals surface area contributed by atoms with Crippen molar-refractivity contribution >= 4 is 41.5 Å². The Morgan fingerprint density at radius 1 is 1.19 bits per heavy atom. The van der Waals surface area contributed by atoms with Gasteiger partial charge in [0.15, 0.2) is 5.96 Å². The highest BCUT2D eigenvalue weighted by Crippen LogP contribution is 2.16. The molecule has 3 N–H and O–H groups in total. The monoisotopic (exact) mass is 491 g/mol. The minimum Gasteiger partial charge on any atom is -0.386 e. The first-order valence-corrected chi connectivity index (χ1v) is 8.67. The highest BCUT2D eigenvalue weighted by molar-refractivity contribution is 14.0. The van der Waals surface area contributed by atoms with E-state index in [1.54, 1.807) is 18.2 Å². The van der Waals surface area contributed by atoms with Gasteiger partial charge < -0.3 is 15.7 Å². The predicted molar refractivity (Wildman–Crippen MR) is 116 cm³/mol. The van der Waals surface area contributed by atoms with Gasteiger partial charge >= 0.3 is 0 Å². The quantitative estimate of drug-likeness (QED) is 0.313. The fraction of sp³-hybridized carbons (Fsp3) is 0.316. The molecular weight excluding hydrogens is 468 g/mol. The number of halogens is 3. The van der Waals surface area contributed by atoms with Gasteiger partial charge in [-0.05, 0) is 37.1 Å². The van der Waals surface area contributed by atoms with Crippen molar-refractivity contribution in [1.29, 1.82) is 0 Å². The number of rotatable bonds is 7. The number of hydrogen-bond acceptors (Lipinski definition) is 2. The number of guanidine groups is 1. The zero-order valence-electron chi connectivity index (χ0n) is 14.6. The second-order valence-corrected chi connectivity index (χ2v) is 6.00. The van der Waals surface area contributed by atoms with Crippen LogP contribution in [0.15, 0.2) is 53.5 Å². The third kappa shape index (κ3) is 7.47. The van der Waals surface area contributed by atoms with Gasteiger partial charge in [0.25, 0.3) is 0 Å². The van der Waals surface area contributed by atoms with Gasteiger partial charge in [-0.2, -0.15) is 0 Å². The van der Waals surface area contributed by atoms with Crippen molar-refractivity contribution in [2.45, 2.75) is 19.4 Å². The molecule has 0 radical (unpaired) electrons. The summed E-state index contributed by atoms with van der Waals surface area (Å²) < 4.78 is 13.7. The number of benzene rings is 2. The third-order valence-corrected chi connectivity index (χ3v) is 3.86. The SMILES string of the molecule is CCNC(=NCC(O)c1ccccc1F)NCCc1cccc(Cl)c1.I. The second-order valence-electron chi connectivity index (χ2n) is 5.56. The number of nitrogens with zero attached hydrogens (tertiary/aromatic N) is 1. The van der Waals surface area contributed by atoms with Crippen molar-refractivity contribution in [3.63, 3.8) is 0 Å². The summed E-state index contributed by atoms with van der Waals surface area (Å²) in [6, 6.07) is 13.9. The zero-order valence-corrected chi connectivity index (χ0v) is 17.7. The molecule has 0 aliphatic carbocycles. The summed E-state index contributed by atoms with van der Waals surface area (Å²) in [5.74, 6) is 0.157. The maximum absolute atomic E-state index is 13.7. The molecule has 0 aliphatic heterocycles. The van der Waals surface area contributed by atoms with Crippen LogP contribution in [0.3, 0.4) is 0 Å². The molecule has 7 heteroatoms. The Balaban J connectivity index is 0.00000338. The minimum absolute atomic E-state index is 0. The number of nitrogens with one attached hydrogen (secondary N) is 2. The highest BCUT2D eigenvalue weighted by atomic mass is 127. The standard InChI is InChI=1S/C19H23ClFN3O.HI/c1-2-22-19(23-11-10-14-6-5-7-15(20)12-14)24-13-18(25)16-8-3-4-9-17(16)21;/h3-9,12,18,25H,2,10-11,13H2,1H3,(H2,22,23,24);1H. The normalized spacial score (nSPS) is 12.2. The number of aliphatic hydroxyl groups is 1. The molecule has 0 bridgehead atoms. The van der Waals surface area contributed by atoms with Gasteiger partial charge in [-0.3, -0.25) is 4.99 Å². The molecule has 0 aliphatic rings. The Labute approximate surface area is 175 Å². The van der Waals surface area contributed by atoms with Gasteiger partial charge in [-0.25, -0.2) is 4.39 Å². The summed E-state index contributed by atoms with van der Waals surface area (Å²) in [4.78, 5) is 4.33. The Morgan fingerprint density at radius 2 is 1.96 bits per heavy atom. The smallest absolute Gasteiger partial charge is 0.191 e. The van der Waals surface area contributed by atoms with E-state index in [0.29, 0.717) is 24.1 Å². The van der Waals surface area contributed by atoms with E-state index in [1.807, 2.05) is 31.2 Å². The molecule has 0 fully saturated rings. The van der Waals surface area contributed by atoms with Crippen LogP contribution in [0.2, 0.25) is 5.02 Å². The second kappa shape index (κ2) is 12.1. The van der Waals surface area contributed by atoms with E-state index in [1.165, 1.54) is 6.07 Å². The van der Waals surface area contributed by atoms with Crippen molar-refractivity contribution in [2.75, 3.05) is 19.6 Å². The van der Waals surface area contributed by atoms with Crippen molar-refractivity contribution < 1.29 is 9.50 Å². The van der Waals surface area contributed by atoms with Crippen molar-refractivity contribution in [3.8, 4) is 0 Å². The van der Waals surface area contributed by atoms with Gasteiger partial charge in [-0.1, -0.05) is 41.9 Å². The van der Waals surface area contributed by atoms with Crippen LogP contribution in [0.5, 0.6) is 0 Å². The fourth-order valence-corrected chi connectivity index (χ4v) is 2.59. The zero-order chi connectivity index (χ0) is 18.1. The van der Waals surface area contributed by atoms with Crippen LogP contribution in [0, 0.1) is 5.82 Å². The molecule has 0 saturated carbocycles. The number of aliphatic hydroxyl groups excluding tert-OH is 1. The van der Waals surface area contributed by atoms with E-state index in [2.05, 4.69) is 15.6 Å². The molecule has 0 amide bonds. The Morgan fingerprint density at radius 3 is 2.65 bits per heavy atom. The van der Waals surface area contributed by atoms with Gasteiger partial charge in [0.2, 0.25) is 0 Å². The molecule has 4 nitrogen and oxygen atoms in total. The molecule has 2 aromatic rings. The Bertz CT molecular complexity index is 715. The molecule has 26 heavy (non-hydrogen) atoms. The van der Waals surface area contributed by atoms with Crippen molar-refractivity contribution in [1.82, 2.24) is 10.6 Å². The lowest BCUT2D eigenvalue weighted by Gasteiger charge is -2.14. The minimum atomic E-state index is -0.982. The van der Waals surface area contributed by atoms with Crippen molar-refractivity contribution in [2.24, 2.45) is 4.99 Å². The summed E-state index contributed by atoms with van der Waals surface area (Å²) in [6.07, 6.45) is -0.189. The van der Waals surface area contributed by atoms with Crippen LogP contribution >= 0.6 is 35.6 Å². The summed E-state index contributed by atoms with van der Waals surface area (Å²) in [5.41, 5.74) is 1.38. The van der Waals surface area contributed by atoms with E-state index in [9.17, 15) is 9.50 Å². The maximum atomic E-state index is 13.7. The average Bonchev–Trinajstić information content (AvgIpc) is 2.60. The molecule has 0 spiro atoms. The predicted octanol–water partition coefficient (Wildman–Crippen LogP) is 3.93. The number of hydrogen-bond donors (Lipinski definition) is 3. The number of aliphatic imine (C=N–C) groups is 1. The molecule has 1 unspecified atom stereocenters. The lowest BCUT2D eigenvalue weighted by Crippen LogP contribution is -2.38. The summed E-state index contributed by atoms with van der Waals surface area (Å²) in [5, 5.41) is 17.2. The lowest BCUT2D eigenvalue weighted by molar-refractivity contribution is 0.182. The van der Waals surface area contributed by atoms with Crippen LogP contribution in [0.4, 0.5) is 4.39 Å². The molecule has 0 heterocycles. The molecule has 142 valence electrons. The van der Waals surface area contributed by atoms with Gasteiger partial charge in [0, 0.05) is 23.7 Å². The molecule has 1 atom stereocenters. The van der Waals surface area contributed by atoms with Crippen LogP contribution < -0.4 is 10.6 Å². The molecule has 0 saturated heterocycles. The van der Waals surface area contributed by atoms with Crippen LogP contribution in [-0.4, -0.2) is 30.7 Å². The van der Waals surface area contributed by atoms with Gasteiger partial charge in [0.1, 0.15) is 11.9 Å². The first-order valence-electron chi connectivity index (χ1n) is 8.29. The van der Waals surface area contributed by atoms with Crippen LogP contribution in [-0.2, 0) is 6.42 Å². The highest BCUT2D eigenvalue weighted by Gasteiger charge is 2.11. The topological polar surface area (TPSA) is 56.7 Å².